The van der Waals surface area contributed by atoms with Gasteiger partial charge < -0.3 is 9.84 Å². The summed E-state index contributed by atoms with van der Waals surface area (Å²) in [6.45, 7) is 5.83. The van der Waals surface area contributed by atoms with Crippen LogP contribution in [0.15, 0.2) is 12.1 Å². The number of benzene rings is 1. The number of hydrogen-bond donors (Lipinski definition) is 1. The Morgan fingerprint density at radius 1 is 1.28 bits per heavy atom. The minimum Gasteiger partial charge on any atom is -0.494 e. The van der Waals surface area contributed by atoms with Crippen molar-refractivity contribution >= 4 is 23.4 Å². The number of carboxylic acid groups (broad SMARTS) is 1. The highest BCUT2D eigenvalue weighted by molar-refractivity contribution is 6.42. The lowest BCUT2D eigenvalue weighted by Gasteiger charge is -2.21. The van der Waals surface area contributed by atoms with E-state index in [2.05, 4.69) is 0 Å². The second kappa shape index (κ2) is 4.98. The van der Waals surface area contributed by atoms with Crippen molar-refractivity contribution in [1.82, 2.24) is 0 Å². The molecule has 1 N–H and O–H groups in total. The SMILES string of the molecule is COc1c(Cl)cc(C(C)(C)C)cc1C(=O)C(=O)O. The highest BCUT2D eigenvalue weighted by atomic mass is 35.5. The molecule has 0 bridgehead atoms. The van der Waals surface area contributed by atoms with Crippen LogP contribution in [-0.2, 0) is 10.2 Å². The van der Waals surface area contributed by atoms with Crippen LogP contribution in [-0.4, -0.2) is 24.0 Å². The maximum absolute atomic E-state index is 11.6. The minimum absolute atomic E-state index is 0.0255. The second-order valence-electron chi connectivity index (χ2n) is 4.92. The fourth-order valence-corrected chi connectivity index (χ4v) is 1.81. The molecule has 98 valence electrons. The van der Waals surface area contributed by atoms with Crippen LogP contribution < -0.4 is 4.74 Å². The molecule has 0 aliphatic carbocycles. The molecule has 1 aromatic carbocycles. The minimum atomic E-state index is -1.53. The van der Waals surface area contributed by atoms with Crippen molar-refractivity contribution in [3.05, 3.63) is 28.3 Å². The third kappa shape index (κ3) is 2.82. The quantitative estimate of drug-likeness (QED) is 0.677. The largest absolute Gasteiger partial charge is 0.494 e. The average molecular weight is 271 g/mol. The molecule has 0 heterocycles. The summed E-state index contributed by atoms with van der Waals surface area (Å²) in [7, 11) is 1.34. The van der Waals surface area contributed by atoms with E-state index in [4.69, 9.17) is 21.4 Å². The summed E-state index contributed by atoms with van der Waals surface area (Å²) < 4.78 is 5.00. The third-order valence-corrected chi connectivity index (χ3v) is 2.83. The highest BCUT2D eigenvalue weighted by Crippen LogP contribution is 2.35. The van der Waals surface area contributed by atoms with Crippen molar-refractivity contribution in [1.29, 1.82) is 0 Å². The first-order chi connectivity index (χ1) is 8.18. The van der Waals surface area contributed by atoms with Crippen LogP contribution >= 0.6 is 11.6 Å². The molecule has 0 fully saturated rings. The van der Waals surface area contributed by atoms with Crippen molar-refractivity contribution in [2.45, 2.75) is 26.2 Å². The predicted octanol–water partition coefficient (Wildman–Crippen LogP) is 2.91. The van der Waals surface area contributed by atoms with E-state index in [1.165, 1.54) is 13.2 Å². The van der Waals surface area contributed by atoms with Gasteiger partial charge >= 0.3 is 5.97 Å². The molecular formula is C13H15ClO4. The first-order valence-electron chi connectivity index (χ1n) is 5.34. The van der Waals surface area contributed by atoms with Crippen LogP contribution in [0.2, 0.25) is 5.02 Å². The van der Waals surface area contributed by atoms with Gasteiger partial charge in [0.15, 0.2) is 0 Å². The Balaban J connectivity index is 3.52. The molecule has 4 nitrogen and oxygen atoms in total. The maximum atomic E-state index is 11.6. The number of Topliss-reactive ketones (excluding diaryl/α,β-unsaturated/α-hetero) is 1. The third-order valence-electron chi connectivity index (χ3n) is 2.55. The lowest BCUT2D eigenvalue weighted by Crippen LogP contribution is -2.17. The van der Waals surface area contributed by atoms with Crippen LogP contribution in [0.25, 0.3) is 0 Å². The molecule has 1 aromatic rings. The molecule has 0 radical (unpaired) electrons. The number of ether oxygens (including phenoxy) is 1. The number of carboxylic acids is 1. The molecule has 5 heteroatoms. The number of halogens is 1. The predicted molar refractivity (Wildman–Crippen MR) is 68.7 cm³/mol. The smallest absolute Gasteiger partial charge is 0.377 e. The van der Waals surface area contributed by atoms with E-state index in [-0.39, 0.29) is 21.8 Å². The van der Waals surface area contributed by atoms with Gasteiger partial charge in [-0.25, -0.2) is 4.79 Å². The zero-order valence-electron chi connectivity index (χ0n) is 10.7. The Bertz CT molecular complexity index is 500. The standard InChI is InChI=1S/C13H15ClO4/c1-13(2,3)7-5-8(10(15)12(16)17)11(18-4)9(14)6-7/h5-6H,1-4H3,(H,16,17). The molecule has 0 aliphatic heterocycles. The summed E-state index contributed by atoms with van der Waals surface area (Å²) in [5.41, 5.74) is 0.504. The van der Waals surface area contributed by atoms with Crippen LogP contribution in [0.4, 0.5) is 0 Å². The summed E-state index contributed by atoms with van der Waals surface area (Å²) in [5, 5.41) is 9.02. The summed E-state index contributed by atoms with van der Waals surface area (Å²) >= 11 is 6.02. The lowest BCUT2D eigenvalue weighted by molar-refractivity contribution is -0.131. The lowest BCUT2D eigenvalue weighted by atomic mass is 9.85. The Kier molecular flexibility index (Phi) is 4.02. The van der Waals surface area contributed by atoms with Crippen molar-refractivity contribution in [3.63, 3.8) is 0 Å². The van der Waals surface area contributed by atoms with Gasteiger partial charge in [0.25, 0.3) is 5.78 Å². The van der Waals surface area contributed by atoms with E-state index < -0.39 is 11.8 Å². The first-order valence-corrected chi connectivity index (χ1v) is 5.72. The van der Waals surface area contributed by atoms with Crippen LogP contribution in [0.5, 0.6) is 5.75 Å². The molecule has 1 rings (SSSR count). The van der Waals surface area contributed by atoms with Crippen molar-refractivity contribution in [3.8, 4) is 5.75 Å². The van der Waals surface area contributed by atoms with Gasteiger partial charge in [-0.2, -0.15) is 0 Å². The van der Waals surface area contributed by atoms with E-state index in [1.54, 1.807) is 6.07 Å². The molecule has 0 spiro atoms. The van der Waals surface area contributed by atoms with E-state index in [0.717, 1.165) is 5.56 Å². The number of aliphatic carboxylic acids is 1. The number of hydrogen-bond acceptors (Lipinski definition) is 3. The van der Waals surface area contributed by atoms with E-state index in [9.17, 15) is 9.59 Å². The van der Waals surface area contributed by atoms with Crippen molar-refractivity contribution in [2.24, 2.45) is 0 Å². The second-order valence-corrected chi connectivity index (χ2v) is 5.33. The molecule has 0 saturated heterocycles. The fourth-order valence-electron chi connectivity index (χ4n) is 1.52. The molecule has 18 heavy (non-hydrogen) atoms. The molecule has 0 unspecified atom stereocenters. The Morgan fingerprint density at radius 3 is 2.22 bits per heavy atom. The van der Waals surface area contributed by atoms with E-state index in [0.29, 0.717) is 0 Å². The van der Waals surface area contributed by atoms with Gasteiger partial charge in [0.1, 0.15) is 5.75 Å². The van der Waals surface area contributed by atoms with Crippen LogP contribution in [0.3, 0.4) is 0 Å². The van der Waals surface area contributed by atoms with Gasteiger partial charge in [-0.15, -0.1) is 0 Å². The van der Waals surface area contributed by atoms with Gasteiger partial charge in [0.05, 0.1) is 17.7 Å². The van der Waals surface area contributed by atoms with Gasteiger partial charge in [0, 0.05) is 0 Å². The first kappa shape index (κ1) is 14.5. The van der Waals surface area contributed by atoms with Gasteiger partial charge in [-0.05, 0) is 23.1 Å². The molecular weight excluding hydrogens is 256 g/mol. The molecule has 0 aromatic heterocycles. The summed E-state index contributed by atoms with van der Waals surface area (Å²) in [6.07, 6.45) is 0. The summed E-state index contributed by atoms with van der Waals surface area (Å²) in [6, 6.07) is 3.19. The van der Waals surface area contributed by atoms with Crippen molar-refractivity contribution in [2.75, 3.05) is 7.11 Å². The number of ketones is 1. The summed E-state index contributed by atoms with van der Waals surface area (Å²) in [4.78, 5) is 22.4. The number of carbonyl (C=O) groups is 2. The molecule has 0 aliphatic rings. The van der Waals surface area contributed by atoms with Gasteiger partial charge in [0.2, 0.25) is 0 Å². The van der Waals surface area contributed by atoms with E-state index in [1.807, 2.05) is 20.8 Å². The number of methoxy groups -OCH3 is 1. The van der Waals surface area contributed by atoms with Gasteiger partial charge in [-0.3, -0.25) is 4.79 Å². The number of rotatable bonds is 3. The van der Waals surface area contributed by atoms with Gasteiger partial charge in [-0.1, -0.05) is 32.4 Å². The normalized spacial score (nSPS) is 11.2. The molecule has 0 saturated carbocycles. The topological polar surface area (TPSA) is 63.6 Å². The Labute approximate surface area is 111 Å². The Hall–Kier alpha value is -1.55. The van der Waals surface area contributed by atoms with Crippen LogP contribution in [0, 0.1) is 0 Å². The molecule has 0 atom stereocenters. The zero-order valence-corrected chi connectivity index (χ0v) is 11.5. The van der Waals surface area contributed by atoms with E-state index >= 15 is 0 Å². The summed E-state index contributed by atoms with van der Waals surface area (Å²) in [5.74, 6) is -2.47. The molecule has 0 amide bonds. The zero-order chi connectivity index (χ0) is 14.1. The Morgan fingerprint density at radius 2 is 1.83 bits per heavy atom. The van der Waals surface area contributed by atoms with Crippen molar-refractivity contribution < 1.29 is 19.4 Å². The number of carbonyl (C=O) groups excluding carboxylic acids is 1. The van der Waals surface area contributed by atoms with Crippen LogP contribution in [0.1, 0.15) is 36.7 Å². The highest BCUT2D eigenvalue weighted by Gasteiger charge is 2.25. The maximum Gasteiger partial charge on any atom is 0.377 e. The average Bonchev–Trinajstić information content (AvgIpc) is 2.25. The monoisotopic (exact) mass is 270 g/mol. The fraction of sp³-hybridized carbons (Fsp3) is 0.385.